The number of thiophene rings is 1. The summed E-state index contributed by atoms with van der Waals surface area (Å²) in [5.74, 6) is -1.01. The first kappa shape index (κ1) is 14.0. The number of carboxylic acid groups (broad SMARTS) is 1. The van der Waals surface area contributed by atoms with Gasteiger partial charge in [0.1, 0.15) is 9.77 Å². The van der Waals surface area contributed by atoms with Crippen molar-refractivity contribution in [3.8, 4) is 0 Å². The molecule has 0 radical (unpaired) electrons. The molecule has 0 spiro atoms. The van der Waals surface area contributed by atoms with Gasteiger partial charge in [0.25, 0.3) is 10.0 Å². The van der Waals surface area contributed by atoms with Crippen molar-refractivity contribution in [1.29, 1.82) is 0 Å². The summed E-state index contributed by atoms with van der Waals surface area (Å²) in [6, 6.07) is 0.760. The molecule has 0 fully saturated rings. The molecule has 11 heteroatoms. The number of aromatic nitrogens is 2. The first-order chi connectivity index (χ1) is 8.79. The zero-order chi connectivity index (χ0) is 14.2. The van der Waals surface area contributed by atoms with Crippen molar-refractivity contribution in [1.82, 2.24) is 10.2 Å². The van der Waals surface area contributed by atoms with Crippen molar-refractivity contribution in [3.63, 3.8) is 0 Å². The molecule has 0 unspecified atom stereocenters. The number of hydrogen-bond acceptors (Lipinski definition) is 7. The minimum absolute atomic E-state index is 0.103. The second-order valence-electron chi connectivity index (χ2n) is 3.29. The van der Waals surface area contributed by atoms with Crippen molar-refractivity contribution in [2.24, 2.45) is 0 Å². The maximum Gasteiger partial charge on any atom is 0.345 e. The summed E-state index contributed by atoms with van der Waals surface area (Å²) in [5.41, 5.74) is 0. The summed E-state index contributed by atoms with van der Waals surface area (Å²) in [7, 11) is -3.99. The van der Waals surface area contributed by atoms with Crippen LogP contribution < -0.4 is 4.72 Å². The minimum Gasteiger partial charge on any atom is -0.477 e. The molecule has 0 bridgehead atoms. The Morgan fingerprint density at radius 1 is 1.53 bits per heavy atom. The molecule has 102 valence electrons. The zero-order valence-corrected chi connectivity index (χ0v) is 12.5. The number of carbonyl (C=O) groups is 1. The van der Waals surface area contributed by atoms with E-state index in [1.807, 2.05) is 0 Å². The van der Waals surface area contributed by atoms with Gasteiger partial charge in [-0.15, -0.1) is 16.4 Å². The van der Waals surface area contributed by atoms with Gasteiger partial charge in [-0.05, 0) is 22.0 Å². The Morgan fingerprint density at radius 3 is 2.68 bits per heavy atom. The van der Waals surface area contributed by atoms with Gasteiger partial charge in [-0.2, -0.15) is 0 Å². The number of halogens is 1. The fourth-order valence-electron chi connectivity index (χ4n) is 1.15. The molecule has 2 rings (SSSR count). The van der Waals surface area contributed by atoms with Crippen LogP contribution in [0, 0.1) is 6.92 Å². The Balaban J connectivity index is 2.37. The van der Waals surface area contributed by atoms with Crippen molar-refractivity contribution in [2.45, 2.75) is 11.8 Å². The number of aryl methyl sites for hydroxylation is 1. The number of sulfonamides is 1. The fraction of sp³-hybridized carbons (Fsp3) is 0.125. The zero-order valence-electron chi connectivity index (χ0n) is 9.25. The summed E-state index contributed by atoms with van der Waals surface area (Å²) in [6.45, 7) is 1.51. The summed E-state index contributed by atoms with van der Waals surface area (Å²) in [6.07, 6.45) is 0. The lowest BCUT2D eigenvalue weighted by Crippen LogP contribution is -2.13. The number of hydrogen-bond donors (Lipinski definition) is 2. The Kier molecular flexibility index (Phi) is 3.60. The van der Waals surface area contributed by atoms with E-state index >= 15 is 0 Å². The minimum atomic E-state index is -3.99. The van der Waals surface area contributed by atoms with E-state index < -0.39 is 16.0 Å². The molecule has 0 amide bonds. The van der Waals surface area contributed by atoms with E-state index in [9.17, 15) is 13.2 Å². The van der Waals surface area contributed by atoms with Crippen LogP contribution in [0.1, 0.15) is 15.6 Å². The van der Waals surface area contributed by atoms with Gasteiger partial charge in [0, 0.05) is 6.92 Å². The third-order valence-electron chi connectivity index (χ3n) is 1.90. The van der Waals surface area contributed by atoms with Crippen LogP contribution in [0.2, 0.25) is 0 Å². The van der Waals surface area contributed by atoms with Crippen LogP contribution >= 0.6 is 27.3 Å². The standard InChI is InChI=1S/C8H6BrN3O5S2/c1-3-10-11-8(17-3)12-19(15,16)5-2-4(7(13)14)18-6(5)9/h2H,1H3,(H,11,12)(H,13,14). The highest BCUT2D eigenvalue weighted by atomic mass is 79.9. The molecule has 0 aliphatic rings. The van der Waals surface area contributed by atoms with E-state index in [-0.39, 0.29) is 25.5 Å². The lowest BCUT2D eigenvalue weighted by Gasteiger charge is -2.01. The average molecular weight is 368 g/mol. The molecule has 0 aliphatic heterocycles. The Bertz CT molecular complexity index is 735. The average Bonchev–Trinajstić information content (AvgIpc) is 2.85. The van der Waals surface area contributed by atoms with Gasteiger partial charge >= 0.3 is 12.0 Å². The van der Waals surface area contributed by atoms with Crippen molar-refractivity contribution in [3.05, 3.63) is 20.6 Å². The second kappa shape index (κ2) is 4.90. The van der Waals surface area contributed by atoms with Gasteiger partial charge in [0.2, 0.25) is 5.89 Å². The van der Waals surface area contributed by atoms with Gasteiger partial charge in [-0.1, -0.05) is 5.10 Å². The predicted molar refractivity (Wildman–Crippen MR) is 68.8 cm³/mol. The number of anilines is 1. The van der Waals surface area contributed by atoms with Crippen molar-refractivity contribution >= 4 is 49.3 Å². The molecule has 0 saturated carbocycles. The van der Waals surface area contributed by atoms with Crippen LogP contribution in [-0.2, 0) is 10.0 Å². The molecule has 0 aliphatic carbocycles. The van der Waals surface area contributed by atoms with Gasteiger partial charge in [0.15, 0.2) is 0 Å². The molecule has 0 saturated heterocycles. The third-order valence-corrected chi connectivity index (χ3v) is 5.46. The summed E-state index contributed by atoms with van der Waals surface area (Å²) in [5, 5.41) is 15.8. The topological polar surface area (TPSA) is 122 Å². The molecule has 2 aromatic heterocycles. The summed E-state index contributed by atoms with van der Waals surface area (Å²) < 4.78 is 31.2. The molecule has 2 aromatic rings. The van der Waals surface area contributed by atoms with Crippen LogP contribution in [-0.4, -0.2) is 29.7 Å². The monoisotopic (exact) mass is 367 g/mol. The van der Waals surface area contributed by atoms with E-state index in [1.54, 1.807) is 0 Å². The lowest BCUT2D eigenvalue weighted by atomic mass is 10.5. The van der Waals surface area contributed by atoms with Gasteiger partial charge in [0.05, 0.1) is 3.79 Å². The maximum absolute atomic E-state index is 12.0. The summed E-state index contributed by atoms with van der Waals surface area (Å²) in [4.78, 5) is 10.5. The highest BCUT2D eigenvalue weighted by molar-refractivity contribution is 9.11. The molecular formula is C8H6BrN3O5S2. The highest BCUT2D eigenvalue weighted by Crippen LogP contribution is 2.32. The molecule has 19 heavy (non-hydrogen) atoms. The molecule has 0 aromatic carbocycles. The van der Waals surface area contributed by atoms with Crippen LogP contribution in [0.15, 0.2) is 19.2 Å². The molecule has 0 atom stereocenters. The Hall–Kier alpha value is -1.46. The second-order valence-corrected chi connectivity index (χ2v) is 7.31. The van der Waals surface area contributed by atoms with Gasteiger partial charge < -0.3 is 9.52 Å². The van der Waals surface area contributed by atoms with Crippen LogP contribution in [0.25, 0.3) is 0 Å². The first-order valence-corrected chi connectivity index (χ1v) is 7.74. The quantitative estimate of drug-likeness (QED) is 0.842. The smallest absolute Gasteiger partial charge is 0.345 e. The van der Waals surface area contributed by atoms with Crippen LogP contribution in [0.3, 0.4) is 0 Å². The fourth-order valence-corrected chi connectivity index (χ4v) is 4.48. The highest BCUT2D eigenvalue weighted by Gasteiger charge is 2.24. The van der Waals surface area contributed by atoms with Crippen molar-refractivity contribution < 1.29 is 22.7 Å². The predicted octanol–water partition coefficient (Wildman–Crippen LogP) is 1.70. The number of carboxylic acids is 1. The van der Waals surface area contributed by atoms with Crippen LogP contribution in [0.4, 0.5) is 6.01 Å². The SMILES string of the molecule is Cc1nnc(NS(=O)(=O)c2cc(C(=O)O)sc2Br)o1. The first-order valence-electron chi connectivity index (χ1n) is 4.65. The number of nitrogens with zero attached hydrogens (tertiary/aromatic N) is 2. The van der Waals surface area contributed by atoms with Gasteiger partial charge in [-0.25, -0.2) is 17.9 Å². The lowest BCUT2D eigenvalue weighted by molar-refractivity contribution is 0.0702. The third kappa shape index (κ3) is 2.93. The molecule has 8 nitrogen and oxygen atoms in total. The largest absolute Gasteiger partial charge is 0.477 e. The van der Waals surface area contributed by atoms with Gasteiger partial charge in [-0.3, -0.25) is 0 Å². The maximum atomic E-state index is 12.0. The molecular weight excluding hydrogens is 362 g/mol. The van der Waals surface area contributed by atoms with E-state index in [2.05, 4.69) is 30.8 Å². The number of rotatable bonds is 4. The van der Waals surface area contributed by atoms with E-state index in [0.29, 0.717) is 0 Å². The summed E-state index contributed by atoms with van der Waals surface area (Å²) >= 11 is 3.81. The molecule has 2 heterocycles. The number of nitrogens with one attached hydrogen (secondary N) is 1. The Morgan fingerprint density at radius 2 is 2.21 bits per heavy atom. The van der Waals surface area contributed by atoms with Crippen LogP contribution in [0.5, 0.6) is 0 Å². The molecule has 2 N–H and O–H groups in total. The van der Waals surface area contributed by atoms with E-state index in [4.69, 9.17) is 9.52 Å². The van der Waals surface area contributed by atoms with E-state index in [0.717, 1.165) is 17.4 Å². The Labute approximate surface area is 119 Å². The van der Waals surface area contributed by atoms with Crippen molar-refractivity contribution in [2.75, 3.05) is 4.72 Å². The normalized spacial score (nSPS) is 11.5. The number of aromatic carboxylic acids is 1. The van der Waals surface area contributed by atoms with E-state index in [1.165, 1.54) is 6.92 Å².